The predicted octanol–water partition coefficient (Wildman–Crippen LogP) is 2.38. The summed E-state index contributed by atoms with van der Waals surface area (Å²) in [6, 6.07) is 1.36. The van der Waals surface area contributed by atoms with Crippen LogP contribution in [0.2, 0.25) is 0 Å². The fraction of sp³-hybridized carbons (Fsp3) is 0.643. The number of sulfonamides is 1. The lowest BCUT2D eigenvalue weighted by atomic mass is 10.0. The van der Waals surface area contributed by atoms with Gasteiger partial charge >= 0.3 is 5.97 Å². The van der Waals surface area contributed by atoms with Crippen molar-refractivity contribution in [1.29, 1.82) is 0 Å². The van der Waals surface area contributed by atoms with Crippen LogP contribution < -0.4 is 4.72 Å². The van der Waals surface area contributed by atoms with Crippen LogP contribution in [0.3, 0.4) is 0 Å². The molecule has 1 saturated carbocycles. The van der Waals surface area contributed by atoms with Gasteiger partial charge in [-0.3, -0.25) is 0 Å². The van der Waals surface area contributed by atoms with Crippen molar-refractivity contribution in [2.45, 2.75) is 62.9 Å². The first-order chi connectivity index (χ1) is 9.66. The average molecular weight is 314 g/mol. The summed E-state index contributed by atoms with van der Waals surface area (Å²) in [7, 11) is -3.72. The maximum atomic E-state index is 12.4. The standard InChI is InChI=1S/C14H22N2O4S/c1-4-7-14(2,3)15-21(19,20)11-8-12(13(17)18)16(9-11)10-5-6-10/h8-10,15H,4-7H2,1-3H3,(H,17,18). The van der Waals surface area contributed by atoms with Crippen molar-refractivity contribution in [3.05, 3.63) is 18.0 Å². The minimum absolute atomic E-state index is 0.0241. The Morgan fingerprint density at radius 1 is 1.48 bits per heavy atom. The highest BCUT2D eigenvalue weighted by molar-refractivity contribution is 7.89. The topological polar surface area (TPSA) is 88.4 Å². The summed E-state index contributed by atoms with van der Waals surface area (Å²) in [5.41, 5.74) is -0.523. The van der Waals surface area contributed by atoms with Crippen molar-refractivity contribution in [2.24, 2.45) is 0 Å². The molecule has 1 aliphatic rings. The van der Waals surface area contributed by atoms with Crippen molar-refractivity contribution < 1.29 is 18.3 Å². The molecule has 1 aromatic heterocycles. The number of nitrogens with zero attached hydrogens (tertiary/aromatic N) is 1. The number of hydrogen-bond acceptors (Lipinski definition) is 3. The molecule has 21 heavy (non-hydrogen) atoms. The first kappa shape index (κ1) is 16.0. The largest absolute Gasteiger partial charge is 0.477 e. The number of hydrogen-bond donors (Lipinski definition) is 2. The summed E-state index contributed by atoms with van der Waals surface area (Å²) in [6.07, 6.45) is 4.79. The van der Waals surface area contributed by atoms with E-state index in [2.05, 4.69) is 4.72 Å². The van der Waals surface area contributed by atoms with E-state index in [4.69, 9.17) is 0 Å². The molecule has 7 heteroatoms. The van der Waals surface area contributed by atoms with E-state index in [9.17, 15) is 18.3 Å². The summed E-state index contributed by atoms with van der Waals surface area (Å²) in [5, 5.41) is 9.20. The fourth-order valence-electron chi connectivity index (χ4n) is 2.53. The van der Waals surface area contributed by atoms with Gasteiger partial charge in [0.1, 0.15) is 10.6 Å². The molecule has 118 valence electrons. The van der Waals surface area contributed by atoms with Gasteiger partial charge in [0.2, 0.25) is 10.0 Å². The number of aromatic carboxylic acids is 1. The van der Waals surface area contributed by atoms with E-state index >= 15 is 0 Å². The average Bonchev–Trinajstić information content (AvgIpc) is 3.05. The molecular formula is C14H22N2O4S. The highest BCUT2D eigenvalue weighted by Gasteiger charge is 2.32. The van der Waals surface area contributed by atoms with E-state index in [0.29, 0.717) is 6.42 Å². The number of nitrogens with one attached hydrogen (secondary N) is 1. The SMILES string of the molecule is CCCC(C)(C)NS(=O)(=O)c1cc(C(=O)O)n(C2CC2)c1. The fourth-order valence-corrected chi connectivity index (χ4v) is 3.99. The normalized spacial score (nSPS) is 16.1. The Morgan fingerprint density at radius 2 is 2.10 bits per heavy atom. The highest BCUT2D eigenvalue weighted by Crippen LogP contribution is 2.37. The van der Waals surface area contributed by atoms with Crippen molar-refractivity contribution in [1.82, 2.24) is 9.29 Å². The molecule has 0 radical (unpaired) electrons. The maximum Gasteiger partial charge on any atom is 0.352 e. The molecule has 1 aliphatic carbocycles. The molecule has 0 aliphatic heterocycles. The van der Waals surface area contributed by atoms with Crippen molar-refractivity contribution in [3.63, 3.8) is 0 Å². The third-order valence-corrected chi connectivity index (χ3v) is 5.24. The Bertz CT molecular complexity index is 642. The Kier molecular flexibility index (Phi) is 4.17. The lowest BCUT2D eigenvalue weighted by molar-refractivity contribution is 0.0685. The van der Waals surface area contributed by atoms with Gasteiger partial charge in [-0.2, -0.15) is 0 Å². The number of carbonyl (C=O) groups is 1. The highest BCUT2D eigenvalue weighted by atomic mass is 32.2. The number of carboxylic acids is 1. The zero-order valence-electron chi connectivity index (χ0n) is 12.6. The maximum absolute atomic E-state index is 12.4. The summed E-state index contributed by atoms with van der Waals surface area (Å²) >= 11 is 0. The van der Waals surface area contributed by atoms with Crippen LogP contribution in [0.1, 0.15) is 63.0 Å². The Labute approximate surface area is 125 Å². The van der Waals surface area contributed by atoms with E-state index in [1.54, 1.807) is 4.57 Å². The Hall–Kier alpha value is -1.34. The lowest BCUT2D eigenvalue weighted by Crippen LogP contribution is -2.43. The van der Waals surface area contributed by atoms with Gasteiger partial charge in [-0.05, 0) is 39.2 Å². The van der Waals surface area contributed by atoms with Crippen molar-refractivity contribution >= 4 is 16.0 Å². The van der Waals surface area contributed by atoms with Crippen LogP contribution in [0.25, 0.3) is 0 Å². The van der Waals surface area contributed by atoms with Crippen LogP contribution in [-0.4, -0.2) is 29.6 Å². The van der Waals surface area contributed by atoms with E-state index in [0.717, 1.165) is 19.3 Å². The molecule has 0 spiro atoms. The second-order valence-corrected chi connectivity index (χ2v) is 7.93. The van der Waals surface area contributed by atoms with Gasteiger partial charge in [0.25, 0.3) is 0 Å². The summed E-state index contributed by atoms with van der Waals surface area (Å²) < 4.78 is 29.1. The summed E-state index contributed by atoms with van der Waals surface area (Å²) in [4.78, 5) is 11.3. The van der Waals surface area contributed by atoms with Crippen LogP contribution in [0, 0.1) is 0 Å². The van der Waals surface area contributed by atoms with Gasteiger partial charge in [0.05, 0.1) is 0 Å². The summed E-state index contributed by atoms with van der Waals surface area (Å²) in [6.45, 7) is 5.64. The third-order valence-electron chi connectivity index (χ3n) is 3.58. The van der Waals surface area contributed by atoms with Gasteiger partial charge in [-0.15, -0.1) is 0 Å². The molecule has 1 heterocycles. The van der Waals surface area contributed by atoms with Crippen molar-refractivity contribution in [3.8, 4) is 0 Å². The molecule has 0 saturated heterocycles. The molecule has 0 unspecified atom stereocenters. The zero-order valence-corrected chi connectivity index (χ0v) is 13.4. The zero-order chi connectivity index (χ0) is 15.8. The monoisotopic (exact) mass is 314 g/mol. The number of carboxylic acid groups (broad SMARTS) is 1. The van der Waals surface area contributed by atoms with Gasteiger partial charge < -0.3 is 9.67 Å². The van der Waals surface area contributed by atoms with E-state index in [1.807, 2.05) is 20.8 Å². The third kappa shape index (κ3) is 3.65. The summed E-state index contributed by atoms with van der Waals surface area (Å²) in [5.74, 6) is -1.10. The molecule has 0 aromatic carbocycles. The minimum atomic E-state index is -3.72. The molecule has 2 N–H and O–H groups in total. The van der Waals surface area contributed by atoms with Crippen molar-refractivity contribution in [2.75, 3.05) is 0 Å². The molecule has 2 rings (SSSR count). The van der Waals surface area contributed by atoms with Gasteiger partial charge in [-0.1, -0.05) is 13.3 Å². The van der Waals surface area contributed by atoms with Gasteiger partial charge in [0, 0.05) is 17.8 Å². The molecule has 0 atom stereocenters. The first-order valence-corrected chi connectivity index (χ1v) is 8.64. The minimum Gasteiger partial charge on any atom is -0.477 e. The van der Waals surface area contributed by atoms with Crippen LogP contribution in [0.15, 0.2) is 17.2 Å². The van der Waals surface area contributed by atoms with E-state index in [-0.39, 0.29) is 16.6 Å². The number of rotatable bonds is 7. The lowest BCUT2D eigenvalue weighted by Gasteiger charge is -2.25. The van der Waals surface area contributed by atoms with Gasteiger partial charge in [-0.25, -0.2) is 17.9 Å². The molecule has 1 aromatic rings. The van der Waals surface area contributed by atoms with Crippen LogP contribution in [-0.2, 0) is 10.0 Å². The molecule has 0 amide bonds. The molecular weight excluding hydrogens is 292 g/mol. The molecule has 6 nitrogen and oxygen atoms in total. The van der Waals surface area contributed by atoms with Gasteiger partial charge in [0.15, 0.2) is 0 Å². The predicted molar refractivity (Wildman–Crippen MR) is 79.0 cm³/mol. The second kappa shape index (κ2) is 5.46. The molecule has 0 bridgehead atoms. The van der Waals surface area contributed by atoms with Crippen LogP contribution in [0.4, 0.5) is 0 Å². The van der Waals surface area contributed by atoms with Crippen LogP contribution >= 0.6 is 0 Å². The second-order valence-electron chi connectivity index (χ2n) is 6.24. The Balaban J connectivity index is 2.32. The quantitative estimate of drug-likeness (QED) is 0.808. The number of aromatic nitrogens is 1. The van der Waals surface area contributed by atoms with Crippen LogP contribution in [0.5, 0.6) is 0 Å². The molecule has 1 fully saturated rings. The van der Waals surface area contributed by atoms with E-state index < -0.39 is 21.5 Å². The van der Waals surface area contributed by atoms with E-state index in [1.165, 1.54) is 12.3 Å². The Morgan fingerprint density at radius 3 is 2.57 bits per heavy atom. The smallest absolute Gasteiger partial charge is 0.352 e. The first-order valence-electron chi connectivity index (χ1n) is 7.15.